The summed E-state index contributed by atoms with van der Waals surface area (Å²) >= 11 is 6.34. The van der Waals surface area contributed by atoms with Crippen LogP contribution in [0.4, 0.5) is 5.82 Å². The van der Waals surface area contributed by atoms with Gasteiger partial charge in [0.15, 0.2) is 11.5 Å². The lowest BCUT2D eigenvalue weighted by Gasteiger charge is -2.26. The zero-order valence-electron chi connectivity index (χ0n) is 16.2. The van der Waals surface area contributed by atoms with Crippen LogP contribution in [-0.4, -0.2) is 37.0 Å². The van der Waals surface area contributed by atoms with Crippen LogP contribution in [0, 0.1) is 0 Å². The van der Waals surface area contributed by atoms with Crippen LogP contribution >= 0.6 is 11.6 Å². The first kappa shape index (κ1) is 19.1. The molecule has 8 heteroatoms. The van der Waals surface area contributed by atoms with E-state index in [1.165, 1.54) is 0 Å². The predicted octanol–water partition coefficient (Wildman–Crippen LogP) is 4.03. The smallest absolute Gasteiger partial charge is 0.226 e. The summed E-state index contributed by atoms with van der Waals surface area (Å²) in [6.45, 7) is 0. The van der Waals surface area contributed by atoms with Crippen molar-refractivity contribution in [3.63, 3.8) is 0 Å². The summed E-state index contributed by atoms with van der Waals surface area (Å²) < 4.78 is 18.1. The van der Waals surface area contributed by atoms with Gasteiger partial charge in [0, 0.05) is 29.5 Å². The minimum Gasteiger partial charge on any atom is -0.496 e. The van der Waals surface area contributed by atoms with Gasteiger partial charge in [0.2, 0.25) is 5.91 Å². The average molecular weight is 414 g/mol. The maximum absolute atomic E-state index is 12.6. The molecule has 1 atom stereocenters. The molecule has 1 amide bonds. The molecule has 150 valence electrons. The van der Waals surface area contributed by atoms with E-state index in [0.717, 1.165) is 11.1 Å². The molecular weight excluding hydrogens is 394 g/mol. The number of aromatic nitrogens is 2. The molecule has 0 spiro atoms. The Bertz CT molecular complexity index is 1080. The van der Waals surface area contributed by atoms with Gasteiger partial charge in [0.05, 0.1) is 38.2 Å². The Balaban J connectivity index is 1.87. The van der Waals surface area contributed by atoms with Crippen LogP contribution < -0.4 is 19.5 Å². The Morgan fingerprint density at radius 3 is 2.41 bits per heavy atom. The standard InChI is InChI=1S/C21H20ClN3O4/c1-27-17-10-19(29-3)18(28-2)8-13(17)12-9-20(26)24-21-14(12)11-23-25(21)16-7-5-4-6-15(16)22/h4-8,10-12H,9H2,1-3H3,(H,24,26). The molecule has 1 aromatic heterocycles. The molecule has 1 unspecified atom stereocenters. The van der Waals surface area contributed by atoms with Gasteiger partial charge in [-0.05, 0) is 18.2 Å². The normalized spacial score (nSPS) is 15.4. The Morgan fingerprint density at radius 2 is 1.72 bits per heavy atom. The summed E-state index contributed by atoms with van der Waals surface area (Å²) in [5.41, 5.74) is 2.38. The lowest BCUT2D eigenvalue weighted by molar-refractivity contribution is -0.116. The van der Waals surface area contributed by atoms with Gasteiger partial charge in [0.25, 0.3) is 0 Å². The van der Waals surface area contributed by atoms with Crippen molar-refractivity contribution in [1.82, 2.24) is 9.78 Å². The third-order valence-electron chi connectivity index (χ3n) is 5.01. The average Bonchev–Trinajstić information content (AvgIpc) is 3.15. The third-order valence-corrected chi connectivity index (χ3v) is 5.33. The van der Waals surface area contributed by atoms with Gasteiger partial charge < -0.3 is 19.5 Å². The second kappa shape index (κ2) is 7.67. The fourth-order valence-corrected chi connectivity index (χ4v) is 3.84. The molecule has 2 heterocycles. The van der Waals surface area contributed by atoms with Crippen LogP contribution in [0.3, 0.4) is 0 Å². The minimum absolute atomic E-state index is 0.117. The first-order valence-electron chi connectivity index (χ1n) is 9.00. The number of carbonyl (C=O) groups is 1. The highest BCUT2D eigenvalue weighted by Gasteiger charge is 2.33. The number of rotatable bonds is 5. The number of anilines is 1. The first-order chi connectivity index (χ1) is 14.1. The molecule has 7 nitrogen and oxygen atoms in total. The van der Waals surface area contributed by atoms with Crippen LogP contribution in [0.2, 0.25) is 5.02 Å². The van der Waals surface area contributed by atoms with Gasteiger partial charge in [-0.2, -0.15) is 5.10 Å². The molecule has 0 aliphatic carbocycles. The van der Waals surface area contributed by atoms with Crippen LogP contribution in [0.15, 0.2) is 42.6 Å². The maximum atomic E-state index is 12.6. The summed E-state index contributed by atoms with van der Waals surface area (Å²) in [5, 5.41) is 7.96. The fourth-order valence-electron chi connectivity index (χ4n) is 3.63. The molecule has 0 saturated carbocycles. The third kappa shape index (κ3) is 3.27. The number of ether oxygens (including phenoxy) is 3. The van der Waals surface area contributed by atoms with Crippen molar-refractivity contribution in [3.8, 4) is 22.9 Å². The van der Waals surface area contributed by atoms with E-state index in [-0.39, 0.29) is 18.2 Å². The number of para-hydroxylation sites is 1. The molecule has 0 saturated heterocycles. The number of nitrogens with zero attached hydrogens (tertiary/aromatic N) is 2. The van der Waals surface area contributed by atoms with Crippen molar-refractivity contribution < 1.29 is 19.0 Å². The lowest BCUT2D eigenvalue weighted by Crippen LogP contribution is -2.25. The van der Waals surface area contributed by atoms with Crippen LogP contribution in [0.25, 0.3) is 5.69 Å². The molecule has 0 fully saturated rings. The van der Waals surface area contributed by atoms with Crippen molar-refractivity contribution in [2.24, 2.45) is 0 Å². The number of amides is 1. The highest BCUT2D eigenvalue weighted by Crippen LogP contribution is 2.45. The summed E-state index contributed by atoms with van der Waals surface area (Å²) in [6, 6.07) is 11.0. The molecule has 29 heavy (non-hydrogen) atoms. The van der Waals surface area contributed by atoms with E-state index in [9.17, 15) is 4.79 Å². The number of fused-ring (bicyclic) bond motifs is 1. The van der Waals surface area contributed by atoms with Gasteiger partial charge in [-0.3, -0.25) is 4.79 Å². The van der Waals surface area contributed by atoms with E-state index < -0.39 is 0 Å². The Labute approximate surface area is 173 Å². The van der Waals surface area contributed by atoms with Gasteiger partial charge in [-0.1, -0.05) is 23.7 Å². The second-order valence-electron chi connectivity index (χ2n) is 6.57. The summed E-state index contributed by atoms with van der Waals surface area (Å²) in [7, 11) is 4.72. The largest absolute Gasteiger partial charge is 0.496 e. The lowest BCUT2D eigenvalue weighted by atomic mass is 9.86. The maximum Gasteiger partial charge on any atom is 0.226 e. The predicted molar refractivity (Wildman–Crippen MR) is 110 cm³/mol. The van der Waals surface area contributed by atoms with Gasteiger partial charge in [-0.25, -0.2) is 4.68 Å². The first-order valence-corrected chi connectivity index (χ1v) is 9.37. The minimum atomic E-state index is -0.259. The number of nitrogens with one attached hydrogen (secondary N) is 1. The van der Waals surface area contributed by atoms with Crippen LogP contribution in [-0.2, 0) is 4.79 Å². The van der Waals surface area contributed by atoms with Crippen molar-refractivity contribution in [2.45, 2.75) is 12.3 Å². The number of hydrogen-bond donors (Lipinski definition) is 1. The summed E-state index contributed by atoms with van der Waals surface area (Å²) in [4.78, 5) is 12.6. The van der Waals surface area contributed by atoms with Crippen LogP contribution in [0.5, 0.6) is 17.2 Å². The Morgan fingerprint density at radius 1 is 1.03 bits per heavy atom. The highest BCUT2D eigenvalue weighted by molar-refractivity contribution is 6.32. The van der Waals surface area contributed by atoms with Gasteiger partial charge in [0.1, 0.15) is 11.6 Å². The van der Waals surface area contributed by atoms with E-state index in [1.807, 2.05) is 24.3 Å². The van der Waals surface area contributed by atoms with E-state index in [2.05, 4.69) is 10.4 Å². The topological polar surface area (TPSA) is 74.6 Å². The van der Waals surface area contributed by atoms with Crippen molar-refractivity contribution >= 4 is 23.3 Å². The summed E-state index contributed by atoms with van der Waals surface area (Å²) in [6.07, 6.45) is 2.01. The molecule has 1 aliphatic rings. The molecule has 2 aromatic carbocycles. The SMILES string of the molecule is COc1cc(OC)c(C2CC(=O)Nc3c2cnn3-c2ccccc2Cl)cc1OC. The zero-order valence-corrected chi connectivity index (χ0v) is 17.0. The quantitative estimate of drug-likeness (QED) is 0.683. The number of halogens is 1. The molecule has 1 N–H and O–H groups in total. The molecule has 0 radical (unpaired) electrons. The molecule has 1 aliphatic heterocycles. The van der Waals surface area contributed by atoms with Crippen molar-refractivity contribution in [2.75, 3.05) is 26.6 Å². The molecule has 3 aromatic rings. The summed E-state index contributed by atoms with van der Waals surface area (Å²) in [5.74, 6) is 1.95. The van der Waals surface area contributed by atoms with E-state index in [4.69, 9.17) is 25.8 Å². The molecule has 4 rings (SSSR count). The van der Waals surface area contributed by atoms with E-state index in [1.54, 1.807) is 44.3 Å². The van der Waals surface area contributed by atoms with Crippen LogP contribution in [0.1, 0.15) is 23.5 Å². The van der Waals surface area contributed by atoms with Crippen molar-refractivity contribution in [3.05, 3.63) is 58.7 Å². The number of carbonyl (C=O) groups excluding carboxylic acids is 1. The zero-order chi connectivity index (χ0) is 20.5. The second-order valence-corrected chi connectivity index (χ2v) is 6.97. The highest BCUT2D eigenvalue weighted by atomic mass is 35.5. The Kier molecular flexibility index (Phi) is 5.07. The molecule has 0 bridgehead atoms. The molecular formula is C21H20ClN3O4. The number of methoxy groups -OCH3 is 3. The number of hydrogen-bond acceptors (Lipinski definition) is 5. The van der Waals surface area contributed by atoms with E-state index >= 15 is 0 Å². The Hall–Kier alpha value is -3.19. The number of benzene rings is 2. The van der Waals surface area contributed by atoms with Gasteiger partial charge >= 0.3 is 0 Å². The van der Waals surface area contributed by atoms with Crippen molar-refractivity contribution in [1.29, 1.82) is 0 Å². The fraction of sp³-hybridized carbons (Fsp3) is 0.238. The van der Waals surface area contributed by atoms with Gasteiger partial charge in [-0.15, -0.1) is 0 Å². The van der Waals surface area contributed by atoms with E-state index in [0.29, 0.717) is 33.8 Å². The monoisotopic (exact) mass is 413 g/mol.